The molecule has 0 saturated carbocycles. The number of benzene rings is 2. The van der Waals surface area contributed by atoms with Gasteiger partial charge in [0.05, 0.1) is 16.3 Å². The van der Waals surface area contributed by atoms with Gasteiger partial charge in [0.1, 0.15) is 5.75 Å². The van der Waals surface area contributed by atoms with Gasteiger partial charge in [-0.25, -0.2) is 0 Å². The topological polar surface area (TPSA) is 58.6 Å². The molecule has 0 unspecified atom stereocenters. The van der Waals surface area contributed by atoms with Gasteiger partial charge in [0, 0.05) is 18.3 Å². The van der Waals surface area contributed by atoms with E-state index in [1.807, 2.05) is 6.92 Å². The van der Waals surface area contributed by atoms with E-state index in [1.54, 1.807) is 47.4 Å². The Morgan fingerprint density at radius 3 is 2.83 bits per heavy atom. The van der Waals surface area contributed by atoms with Gasteiger partial charge in [0.2, 0.25) is 0 Å². The number of carbonyl (C=O) groups excluding carboxylic acids is 2. The summed E-state index contributed by atoms with van der Waals surface area (Å²) in [6.45, 7) is 2.48. The van der Waals surface area contributed by atoms with Crippen molar-refractivity contribution in [3.63, 3.8) is 0 Å². The van der Waals surface area contributed by atoms with Crippen LogP contribution in [0.3, 0.4) is 0 Å². The second kappa shape index (κ2) is 6.30. The van der Waals surface area contributed by atoms with Crippen molar-refractivity contribution in [1.82, 2.24) is 0 Å². The molecule has 0 fully saturated rings. The number of nitrogens with zero attached hydrogens (tertiary/aromatic N) is 1. The van der Waals surface area contributed by atoms with E-state index < -0.39 is 0 Å². The molecule has 0 radical (unpaired) electrons. The molecular weight excluding hydrogens is 316 g/mol. The number of nitrogens with one attached hydrogen (secondary N) is 1. The minimum absolute atomic E-state index is 0.00273. The number of halogens is 1. The molecule has 2 amide bonds. The van der Waals surface area contributed by atoms with Crippen LogP contribution in [0.4, 0.5) is 11.4 Å². The highest BCUT2D eigenvalue weighted by Crippen LogP contribution is 2.34. The summed E-state index contributed by atoms with van der Waals surface area (Å²) in [4.78, 5) is 25.7. The molecule has 2 aromatic carbocycles. The minimum atomic E-state index is -0.296. The van der Waals surface area contributed by atoms with Gasteiger partial charge in [-0.3, -0.25) is 9.59 Å². The molecule has 6 heteroatoms. The summed E-state index contributed by atoms with van der Waals surface area (Å²) in [5.74, 6) is 0.200. The molecule has 118 valence electrons. The van der Waals surface area contributed by atoms with Crippen LogP contribution in [-0.4, -0.2) is 25.0 Å². The van der Waals surface area contributed by atoms with Crippen molar-refractivity contribution in [2.45, 2.75) is 6.92 Å². The fourth-order valence-corrected chi connectivity index (χ4v) is 2.69. The fourth-order valence-electron chi connectivity index (χ4n) is 2.47. The molecule has 0 aromatic heterocycles. The molecule has 1 heterocycles. The Labute approximate surface area is 138 Å². The van der Waals surface area contributed by atoms with E-state index in [0.717, 1.165) is 0 Å². The summed E-state index contributed by atoms with van der Waals surface area (Å²) in [7, 11) is 0. The Morgan fingerprint density at radius 1 is 1.30 bits per heavy atom. The van der Waals surface area contributed by atoms with E-state index in [4.69, 9.17) is 16.3 Å². The van der Waals surface area contributed by atoms with Crippen molar-refractivity contribution in [1.29, 1.82) is 0 Å². The second-order valence-corrected chi connectivity index (χ2v) is 5.45. The number of ether oxygens (including phenoxy) is 1. The van der Waals surface area contributed by atoms with Gasteiger partial charge in [-0.05, 0) is 31.2 Å². The Hall–Kier alpha value is -2.53. The molecular formula is C17H15ClN2O3. The third-order valence-corrected chi connectivity index (χ3v) is 3.92. The molecule has 0 spiro atoms. The van der Waals surface area contributed by atoms with Gasteiger partial charge in [-0.2, -0.15) is 0 Å². The van der Waals surface area contributed by atoms with Gasteiger partial charge in [0.15, 0.2) is 6.61 Å². The Bertz CT molecular complexity index is 776. The van der Waals surface area contributed by atoms with E-state index >= 15 is 0 Å². The zero-order valence-corrected chi connectivity index (χ0v) is 13.3. The molecule has 3 rings (SSSR count). The van der Waals surface area contributed by atoms with E-state index in [2.05, 4.69) is 5.32 Å². The summed E-state index contributed by atoms with van der Waals surface area (Å²) >= 11 is 6.02. The van der Waals surface area contributed by atoms with Crippen LogP contribution in [0.15, 0.2) is 42.5 Å². The summed E-state index contributed by atoms with van der Waals surface area (Å²) < 4.78 is 5.45. The van der Waals surface area contributed by atoms with E-state index in [0.29, 0.717) is 34.3 Å². The van der Waals surface area contributed by atoms with Gasteiger partial charge in [-0.15, -0.1) is 0 Å². The number of fused-ring (bicyclic) bond motifs is 1. The first kappa shape index (κ1) is 15.4. The number of likely N-dealkylation sites (N-methyl/N-ethyl adjacent to an activating group) is 1. The second-order valence-electron chi connectivity index (χ2n) is 5.04. The molecule has 5 nitrogen and oxygen atoms in total. The van der Waals surface area contributed by atoms with Crippen molar-refractivity contribution in [2.24, 2.45) is 0 Å². The van der Waals surface area contributed by atoms with Crippen molar-refractivity contribution in [3.8, 4) is 5.75 Å². The van der Waals surface area contributed by atoms with Gasteiger partial charge >= 0.3 is 0 Å². The van der Waals surface area contributed by atoms with Crippen molar-refractivity contribution in [3.05, 3.63) is 53.1 Å². The third kappa shape index (κ3) is 3.00. The summed E-state index contributed by atoms with van der Waals surface area (Å²) in [5, 5.41) is 3.18. The molecule has 2 aromatic rings. The first-order chi connectivity index (χ1) is 11.1. The SMILES string of the molecule is CCN1C(=O)COc2cc(NC(=O)c3ccccc3Cl)ccc21. The smallest absolute Gasteiger partial charge is 0.265 e. The molecule has 0 atom stereocenters. The number of anilines is 2. The lowest BCUT2D eigenvalue weighted by molar-refractivity contribution is -0.121. The summed E-state index contributed by atoms with van der Waals surface area (Å²) in [6, 6.07) is 12.0. The number of carbonyl (C=O) groups is 2. The Kier molecular flexibility index (Phi) is 4.21. The van der Waals surface area contributed by atoms with Crippen LogP contribution in [0.1, 0.15) is 17.3 Å². The standard InChI is InChI=1S/C17H15ClN2O3/c1-2-20-14-8-7-11(9-15(14)23-10-16(20)21)19-17(22)12-5-3-4-6-13(12)18/h3-9H,2,10H2,1H3,(H,19,22). The predicted octanol–water partition coefficient (Wildman–Crippen LogP) is 3.34. The molecule has 0 aliphatic carbocycles. The van der Waals surface area contributed by atoms with Crippen molar-refractivity contribution >= 4 is 34.8 Å². The maximum atomic E-state index is 12.3. The number of amides is 2. The van der Waals surface area contributed by atoms with Crippen molar-refractivity contribution in [2.75, 3.05) is 23.4 Å². The van der Waals surface area contributed by atoms with Crippen LogP contribution in [0.5, 0.6) is 5.75 Å². The number of hydrogen-bond donors (Lipinski definition) is 1. The summed E-state index contributed by atoms with van der Waals surface area (Å²) in [5.41, 5.74) is 1.69. The van der Waals surface area contributed by atoms with Gasteiger partial charge in [-0.1, -0.05) is 23.7 Å². The van der Waals surface area contributed by atoms with Crippen LogP contribution in [0.2, 0.25) is 5.02 Å². The quantitative estimate of drug-likeness (QED) is 0.939. The minimum Gasteiger partial charge on any atom is -0.481 e. The maximum absolute atomic E-state index is 12.3. The van der Waals surface area contributed by atoms with Crippen LogP contribution in [0, 0.1) is 0 Å². The Morgan fingerprint density at radius 2 is 2.09 bits per heavy atom. The largest absolute Gasteiger partial charge is 0.481 e. The first-order valence-electron chi connectivity index (χ1n) is 7.23. The maximum Gasteiger partial charge on any atom is 0.265 e. The number of hydrogen-bond acceptors (Lipinski definition) is 3. The van der Waals surface area contributed by atoms with Crippen LogP contribution >= 0.6 is 11.6 Å². The lowest BCUT2D eigenvalue weighted by Gasteiger charge is -2.28. The zero-order valence-electron chi connectivity index (χ0n) is 12.5. The highest BCUT2D eigenvalue weighted by molar-refractivity contribution is 6.34. The third-order valence-electron chi connectivity index (χ3n) is 3.60. The fraction of sp³-hybridized carbons (Fsp3) is 0.176. The van der Waals surface area contributed by atoms with Crippen LogP contribution < -0.4 is 15.0 Å². The molecule has 0 saturated heterocycles. The molecule has 1 aliphatic heterocycles. The van der Waals surface area contributed by atoms with E-state index in [9.17, 15) is 9.59 Å². The molecule has 23 heavy (non-hydrogen) atoms. The number of rotatable bonds is 3. The van der Waals surface area contributed by atoms with Crippen molar-refractivity contribution < 1.29 is 14.3 Å². The lowest BCUT2D eigenvalue weighted by Crippen LogP contribution is -2.38. The molecule has 1 N–H and O–H groups in total. The molecule has 0 bridgehead atoms. The van der Waals surface area contributed by atoms with Gasteiger partial charge < -0.3 is 15.0 Å². The highest BCUT2D eigenvalue weighted by Gasteiger charge is 2.24. The average molecular weight is 331 g/mol. The highest BCUT2D eigenvalue weighted by atomic mass is 35.5. The Balaban J connectivity index is 1.84. The summed E-state index contributed by atoms with van der Waals surface area (Å²) in [6.07, 6.45) is 0. The normalized spacial score (nSPS) is 13.3. The van der Waals surface area contributed by atoms with Gasteiger partial charge in [0.25, 0.3) is 11.8 Å². The monoisotopic (exact) mass is 330 g/mol. The van der Waals surface area contributed by atoms with Crippen LogP contribution in [-0.2, 0) is 4.79 Å². The van der Waals surface area contributed by atoms with Crippen LogP contribution in [0.25, 0.3) is 0 Å². The zero-order chi connectivity index (χ0) is 16.4. The predicted molar refractivity (Wildman–Crippen MR) is 89.4 cm³/mol. The van der Waals surface area contributed by atoms with E-state index in [1.165, 1.54) is 0 Å². The van der Waals surface area contributed by atoms with E-state index in [-0.39, 0.29) is 18.4 Å². The average Bonchev–Trinajstić information content (AvgIpc) is 2.55. The first-order valence-corrected chi connectivity index (χ1v) is 7.61. The molecule has 1 aliphatic rings. The lowest BCUT2D eigenvalue weighted by atomic mass is 10.2.